The second kappa shape index (κ2) is 14.6. The normalized spacial score (nSPS) is 26.1. The van der Waals surface area contributed by atoms with E-state index in [1.165, 1.54) is 108 Å². The molecule has 2 saturated carbocycles. The fourth-order valence-corrected chi connectivity index (χ4v) is 5.95. The van der Waals surface area contributed by atoms with Crippen LogP contribution in [0.1, 0.15) is 134 Å². The van der Waals surface area contributed by atoms with E-state index in [4.69, 9.17) is 0 Å². The van der Waals surface area contributed by atoms with Crippen LogP contribution in [0.2, 0.25) is 0 Å². The second-order valence-corrected chi connectivity index (χ2v) is 10.7. The first-order valence-corrected chi connectivity index (χ1v) is 14.1. The molecule has 0 atom stereocenters. The van der Waals surface area contributed by atoms with Crippen LogP contribution in [0.15, 0.2) is 36.4 Å². The summed E-state index contributed by atoms with van der Waals surface area (Å²) in [6, 6.07) is 9.16. The number of rotatable bonds is 10. The lowest BCUT2D eigenvalue weighted by Gasteiger charge is -2.28. The summed E-state index contributed by atoms with van der Waals surface area (Å²) in [5.74, 6) is 10.2. The molecule has 176 valence electrons. The van der Waals surface area contributed by atoms with E-state index in [0.717, 1.165) is 29.2 Å². The van der Waals surface area contributed by atoms with Crippen LogP contribution in [-0.4, -0.2) is 0 Å². The Balaban J connectivity index is 1.36. The minimum Gasteiger partial charge on any atom is -0.0730 e. The molecular weight excluding hydrogens is 384 g/mol. The van der Waals surface area contributed by atoms with Crippen molar-refractivity contribution in [2.75, 3.05) is 0 Å². The predicted molar refractivity (Wildman–Crippen MR) is 141 cm³/mol. The third-order valence-electron chi connectivity index (χ3n) is 8.22. The molecule has 0 spiro atoms. The van der Waals surface area contributed by atoms with Crippen LogP contribution >= 0.6 is 0 Å². The van der Waals surface area contributed by atoms with Gasteiger partial charge in [0.15, 0.2) is 0 Å². The molecule has 0 heterocycles. The van der Waals surface area contributed by atoms with Crippen molar-refractivity contribution in [3.05, 3.63) is 47.5 Å². The van der Waals surface area contributed by atoms with Gasteiger partial charge in [-0.05, 0) is 98.8 Å². The number of hydrogen-bond acceptors (Lipinski definition) is 0. The summed E-state index contributed by atoms with van der Waals surface area (Å²) in [5.41, 5.74) is 2.69. The Hall–Kier alpha value is -1.48. The molecule has 1 aromatic rings. The van der Waals surface area contributed by atoms with Crippen LogP contribution in [-0.2, 0) is 0 Å². The third-order valence-corrected chi connectivity index (χ3v) is 8.22. The lowest BCUT2D eigenvalue weighted by atomic mass is 9.77. The van der Waals surface area contributed by atoms with Crippen LogP contribution in [0.25, 0.3) is 0 Å². The summed E-state index contributed by atoms with van der Waals surface area (Å²) in [5, 5.41) is 0. The minimum atomic E-state index is 0.756. The Bertz CT molecular complexity index is 697. The molecule has 2 aliphatic carbocycles. The average Bonchev–Trinajstić information content (AvgIpc) is 2.85. The van der Waals surface area contributed by atoms with Crippen LogP contribution in [0.3, 0.4) is 0 Å². The summed E-state index contributed by atoms with van der Waals surface area (Å²) in [4.78, 5) is 0. The molecule has 0 N–H and O–H groups in total. The Morgan fingerprint density at radius 3 is 2.00 bits per heavy atom. The summed E-state index contributed by atoms with van der Waals surface area (Å²) in [7, 11) is 0. The largest absolute Gasteiger partial charge is 0.0730 e. The number of hydrogen-bond donors (Lipinski definition) is 0. The molecule has 0 radical (unpaired) electrons. The van der Waals surface area contributed by atoms with Gasteiger partial charge in [0.25, 0.3) is 0 Å². The quantitative estimate of drug-likeness (QED) is 0.255. The molecule has 0 nitrogen and oxygen atoms in total. The van der Waals surface area contributed by atoms with E-state index in [-0.39, 0.29) is 0 Å². The van der Waals surface area contributed by atoms with Gasteiger partial charge in [0.1, 0.15) is 0 Å². The summed E-state index contributed by atoms with van der Waals surface area (Å²) in [6.45, 7) is 4.61. The lowest BCUT2D eigenvalue weighted by molar-refractivity contribution is 0.289. The molecule has 0 aliphatic heterocycles. The van der Waals surface area contributed by atoms with Crippen molar-refractivity contribution in [2.45, 2.75) is 122 Å². The molecular formula is C32H48. The van der Waals surface area contributed by atoms with Gasteiger partial charge in [0.05, 0.1) is 0 Å². The molecule has 0 aromatic heterocycles. The highest BCUT2D eigenvalue weighted by Gasteiger charge is 2.22. The highest BCUT2D eigenvalue weighted by Crippen LogP contribution is 2.37. The average molecular weight is 433 g/mol. The Labute approximate surface area is 199 Å². The Kier molecular flexibility index (Phi) is 11.5. The maximum atomic E-state index is 3.36. The number of benzene rings is 1. The van der Waals surface area contributed by atoms with Crippen LogP contribution in [0.5, 0.6) is 0 Å². The van der Waals surface area contributed by atoms with E-state index < -0.39 is 0 Å². The van der Waals surface area contributed by atoms with Crippen molar-refractivity contribution in [2.24, 2.45) is 17.8 Å². The molecule has 1 aromatic carbocycles. The van der Waals surface area contributed by atoms with Gasteiger partial charge in [-0.25, -0.2) is 0 Å². The van der Waals surface area contributed by atoms with Crippen LogP contribution < -0.4 is 0 Å². The number of allylic oxidation sites excluding steroid dienone is 2. The first-order valence-electron chi connectivity index (χ1n) is 14.1. The van der Waals surface area contributed by atoms with Gasteiger partial charge >= 0.3 is 0 Å². The SMILES string of the molecule is CCCCCCC1CCC(/C=C/C#Cc2ccc(C3CCC(CCCC)CC3)cc2)CC1. The fourth-order valence-electron chi connectivity index (χ4n) is 5.95. The molecule has 0 heteroatoms. The standard InChI is InChI=1S/C32H48/c1-3-5-7-8-12-28-15-17-29(18-16-28)13-9-10-14-30-21-25-32(26-22-30)31-23-19-27(20-24-31)11-6-4-2/h9,13,21-22,25-29,31H,3-8,11-12,15-20,23-24H2,1-2H3/b13-9+. The molecule has 0 amide bonds. The highest BCUT2D eigenvalue weighted by molar-refractivity contribution is 5.39. The zero-order chi connectivity index (χ0) is 22.4. The third kappa shape index (κ3) is 8.81. The fraction of sp³-hybridized carbons (Fsp3) is 0.688. The summed E-state index contributed by atoms with van der Waals surface area (Å²) in [6.07, 6.45) is 27.0. The molecule has 3 rings (SSSR count). The van der Waals surface area contributed by atoms with E-state index in [1.54, 1.807) is 0 Å². The van der Waals surface area contributed by atoms with Crippen molar-refractivity contribution in [3.8, 4) is 11.8 Å². The van der Waals surface area contributed by atoms with E-state index in [1.807, 2.05) is 0 Å². The minimum absolute atomic E-state index is 0.756. The molecule has 0 saturated heterocycles. The summed E-state index contributed by atoms with van der Waals surface area (Å²) < 4.78 is 0. The van der Waals surface area contributed by atoms with Crippen molar-refractivity contribution >= 4 is 0 Å². The monoisotopic (exact) mass is 432 g/mol. The molecule has 0 unspecified atom stereocenters. The van der Waals surface area contributed by atoms with Gasteiger partial charge in [-0.15, -0.1) is 0 Å². The van der Waals surface area contributed by atoms with Gasteiger partial charge in [-0.1, -0.05) is 95.3 Å². The van der Waals surface area contributed by atoms with Crippen molar-refractivity contribution in [1.82, 2.24) is 0 Å². The van der Waals surface area contributed by atoms with E-state index in [2.05, 4.69) is 62.1 Å². The van der Waals surface area contributed by atoms with Crippen LogP contribution in [0.4, 0.5) is 0 Å². The van der Waals surface area contributed by atoms with Crippen molar-refractivity contribution < 1.29 is 0 Å². The molecule has 2 aliphatic rings. The first-order chi connectivity index (χ1) is 15.8. The van der Waals surface area contributed by atoms with Gasteiger partial charge < -0.3 is 0 Å². The highest BCUT2D eigenvalue weighted by atomic mass is 14.3. The zero-order valence-corrected chi connectivity index (χ0v) is 21.1. The van der Waals surface area contributed by atoms with E-state index in [9.17, 15) is 0 Å². The number of unbranched alkanes of at least 4 members (excludes halogenated alkanes) is 4. The van der Waals surface area contributed by atoms with Gasteiger partial charge in [0, 0.05) is 5.56 Å². The van der Waals surface area contributed by atoms with Gasteiger partial charge in [-0.2, -0.15) is 0 Å². The molecule has 32 heavy (non-hydrogen) atoms. The van der Waals surface area contributed by atoms with Crippen LogP contribution in [0, 0.1) is 29.6 Å². The van der Waals surface area contributed by atoms with Gasteiger partial charge in [-0.3, -0.25) is 0 Å². The van der Waals surface area contributed by atoms with Crippen molar-refractivity contribution in [3.63, 3.8) is 0 Å². The first kappa shape index (κ1) is 25.1. The Morgan fingerprint density at radius 2 is 1.34 bits per heavy atom. The van der Waals surface area contributed by atoms with Gasteiger partial charge in [0.2, 0.25) is 0 Å². The second-order valence-electron chi connectivity index (χ2n) is 10.7. The summed E-state index contributed by atoms with van der Waals surface area (Å²) >= 11 is 0. The smallest absolute Gasteiger partial charge is 0.0249 e. The van der Waals surface area contributed by atoms with E-state index in [0.29, 0.717) is 0 Å². The van der Waals surface area contributed by atoms with Crippen molar-refractivity contribution in [1.29, 1.82) is 0 Å². The maximum Gasteiger partial charge on any atom is 0.0249 e. The topological polar surface area (TPSA) is 0 Å². The van der Waals surface area contributed by atoms with E-state index >= 15 is 0 Å². The maximum absolute atomic E-state index is 3.36. The predicted octanol–water partition coefficient (Wildman–Crippen LogP) is 9.84. The Morgan fingerprint density at radius 1 is 0.719 bits per heavy atom. The molecule has 0 bridgehead atoms. The zero-order valence-electron chi connectivity index (χ0n) is 21.1. The molecule has 2 fully saturated rings. The lowest BCUT2D eigenvalue weighted by Crippen LogP contribution is -2.13.